The van der Waals surface area contributed by atoms with Crippen LogP contribution in [0, 0.1) is 16.0 Å². The summed E-state index contributed by atoms with van der Waals surface area (Å²) in [4.78, 5) is 10.2. The van der Waals surface area contributed by atoms with Crippen LogP contribution in [0.4, 0.5) is 5.69 Å². The molecule has 1 fully saturated rings. The van der Waals surface area contributed by atoms with Gasteiger partial charge in [-0.15, -0.1) is 0 Å². The monoisotopic (exact) mass is 248 g/mol. The van der Waals surface area contributed by atoms with E-state index in [1.54, 1.807) is 24.3 Å². The first-order chi connectivity index (χ1) is 8.68. The molecule has 0 radical (unpaired) electrons. The second kappa shape index (κ2) is 5.96. The highest BCUT2D eigenvalue weighted by atomic mass is 16.6. The molecule has 0 aromatic heterocycles. The SMILES string of the molecule is NC(c1ccc([N+](=O)[O-])cc1)C1CCCCCC1. The maximum Gasteiger partial charge on any atom is 0.269 e. The number of nitro benzene ring substituents is 1. The third kappa shape index (κ3) is 3.07. The average molecular weight is 248 g/mol. The number of nitrogens with zero attached hydrogens (tertiary/aromatic N) is 1. The fourth-order valence-electron chi connectivity index (χ4n) is 2.76. The third-order valence-corrected chi connectivity index (χ3v) is 3.90. The number of non-ortho nitro benzene ring substituents is 1. The lowest BCUT2D eigenvalue weighted by atomic mass is 9.88. The maximum absolute atomic E-state index is 10.6. The van der Waals surface area contributed by atoms with Gasteiger partial charge in [-0.25, -0.2) is 0 Å². The van der Waals surface area contributed by atoms with Crippen molar-refractivity contribution in [3.63, 3.8) is 0 Å². The van der Waals surface area contributed by atoms with Gasteiger partial charge in [-0.3, -0.25) is 10.1 Å². The molecule has 2 rings (SSSR count). The van der Waals surface area contributed by atoms with Crippen LogP contribution in [0.2, 0.25) is 0 Å². The lowest BCUT2D eigenvalue weighted by Crippen LogP contribution is -2.21. The van der Waals surface area contributed by atoms with E-state index in [-0.39, 0.29) is 16.7 Å². The van der Waals surface area contributed by atoms with E-state index in [4.69, 9.17) is 5.73 Å². The summed E-state index contributed by atoms with van der Waals surface area (Å²) in [5, 5.41) is 10.6. The molecule has 0 amide bonds. The van der Waals surface area contributed by atoms with E-state index in [0.29, 0.717) is 5.92 Å². The normalized spacial score (nSPS) is 19.2. The zero-order valence-corrected chi connectivity index (χ0v) is 10.5. The van der Waals surface area contributed by atoms with E-state index < -0.39 is 0 Å². The third-order valence-electron chi connectivity index (χ3n) is 3.90. The fraction of sp³-hybridized carbons (Fsp3) is 0.571. The van der Waals surface area contributed by atoms with E-state index in [9.17, 15) is 10.1 Å². The number of nitrogens with two attached hydrogens (primary N) is 1. The number of hydrogen-bond donors (Lipinski definition) is 1. The Labute approximate surface area is 107 Å². The van der Waals surface area contributed by atoms with Crippen molar-refractivity contribution in [2.24, 2.45) is 11.7 Å². The topological polar surface area (TPSA) is 69.2 Å². The first kappa shape index (κ1) is 13.0. The predicted molar refractivity (Wildman–Crippen MR) is 71.2 cm³/mol. The van der Waals surface area contributed by atoms with Crippen LogP contribution in [0.15, 0.2) is 24.3 Å². The lowest BCUT2D eigenvalue weighted by molar-refractivity contribution is -0.384. The second-order valence-corrected chi connectivity index (χ2v) is 5.13. The van der Waals surface area contributed by atoms with Crippen molar-refractivity contribution in [1.82, 2.24) is 0 Å². The molecule has 4 heteroatoms. The van der Waals surface area contributed by atoms with E-state index in [1.165, 1.54) is 38.5 Å². The van der Waals surface area contributed by atoms with Crippen molar-refractivity contribution in [2.45, 2.75) is 44.6 Å². The standard InChI is InChI=1S/C14H20N2O2/c15-14(11-5-3-1-2-4-6-11)12-7-9-13(10-8-12)16(17)18/h7-11,14H,1-6,15H2. The van der Waals surface area contributed by atoms with Crippen LogP contribution < -0.4 is 5.73 Å². The molecular weight excluding hydrogens is 228 g/mol. The highest BCUT2D eigenvalue weighted by Crippen LogP contribution is 2.32. The van der Waals surface area contributed by atoms with Crippen LogP contribution in [-0.2, 0) is 0 Å². The Morgan fingerprint density at radius 2 is 1.67 bits per heavy atom. The van der Waals surface area contributed by atoms with Gasteiger partial charge >= 0.3 is 0 Å². The predicted octanol–water partition coefficient (Wildman–Crippen LogP) is 3.57. The van der Waals surface area contributed by atoms with Gasteiger partial charge in [0.25, 0.3) is 5.69 Å². The van der Waals surface area contributed by atoms with Gasteiger partial charge in [-0.1, -0.05) is 37.8 Å². The van der Waals surface area contributed by atoms with Gasteiger partial charge in [0.05, 0.1) is 4.92 Å². The van der Waals surface area contributed by atoms with Gasteiger partial charge in [-0.05, 0) is 24.3 Å². The van der Waals surface area contributed by atoms with Crippen LogP contribution >= 0.6 is 0 Å². The van der Waals surface area contributed by atoms with Crippen LogP contribution in [0.3, 0.4) is 0 Å². The molecule has 1 saturated carbocycles. The number of hydrogen-bond acceptors (Lipinski definition) is 3. The minimum atomic E-state index is -0.374. The summed E-state index contributed by atoms with van der Waals surface area (Å²) in [5.74, 6) is 0.522. The molecule has 2 N–H and O–H groups in total. The Morgan fingerprint density at radius 1 is 1.11 bits per heavy atom. The van der Waals surface area contributed by atoms with Gasteiger partial charge in [0, 0.05) is 18.2 Å². The number of nitro groups is 1. The molecular formula is C14H20N2O2. The Morgan fingerprint density at radius 3 is 2.17 bits per heavy atom. The Balaban J connectivity index is 2.07. The van der Waals surface area contributed by atoms with Crippen molar-refractivity contribution in [3.05, 3.63) is 39.9 Å². The minimum Gasteiger partial charge on any atom is -0.324 e. The summed E-state index contributed by atoms with van der Waals surface area (Å²) in [5.41, 5.74) is 7.45. The van der Waals surface area contributed by atoms with E-state index in [0.717, 1.165) is 5.56 Å². The summed E-state index contributed by atoms with van der Waals surface area (Å²) in [6.45, 7) is 0. The quantitative estimate of drug-likeness (QED) is 0.505. The molecule has 1 atom stereocenters. The van der Waals surface area contributed by atoms with Crippen LogP contribution in [0.5, 0.6) is 0 Å². The van der Waals surface area contributed by atoms with E-state index >= 15 is 0 Å². The van der Waals surface area contributed by atoms with Gasteiger partial charge in [-0.2, -0.15) is 0 Å². The highest BCUT2D eigenvalue weighted by Gasteiger charge is 2.21. The summed E-state index contributed by atoms with van der Waals surface area (Å²) < 4.78 is 0. The van der Waals surface area contributed by atoms with Crippen molar-refractivity contribution >= 4 is 5.69 Å². The van der Waals surface area contributed by atoms with Crippen LogP contribution in [0.25, 0.3) is 0 Å². The van der Waals surface area contributed by atoms with Gasteiger partial charge in [0.1, 0.15) is 0 Å². The molecule has 0 bridgehead atoms. The summed E-state index contributed by atoms with van der Waals surface area (Å²) in [6.07, 6.45) is 7.49. The Hall–Kier alpha value is -1.42. The first-order valence-electron chi connectivity index (χ1n) is 6.68. The molecule has 1 aromatic carbocycles. The van der Waals surface area contributed by atoms with E-state index in [1.807, 2.05) is 0 Å². The molecule has 4 nitrogen and oxygen atoms in total. The molecule has 1 unspecified atom stereocenters. The molecule has 1 aromatic rings. The maximum atomic E-state index is 10.6. The molecule has 1 aliphatic carbocycles. The van der Waals surface area contributed by atoms with Crippen LogP contribution in [-0.4, -0.2) is 4.92 Å². The molecule has 0 heterocycles. The molecule has 98 valence electrons. The number of rotatable bonds is 3. The molecule has 0 aliphatic heterocycles. The Kier molecular flexibility index (Phi) is 4.31. The minimum absolute atomic E-state index is 0.0175. The van der Waals surface area contributed by atoms with Crippen molar-refractivity contribution in [2.75, 3.05) is 0 Å². The summed E-state index contributed by atoms with van der Waals surface area (Å²) in [6, 6.07) is 6.71. The van der Waals surface area contributed by atoms with Crippen molar-refractivity contribution in [3.8, 4) is 0 Å². The highest BCUT2D eigenvalue weighted by molar-refractivity contribution is 5.34. The zero-order chi connectivity index (χ0) is 13.0. The first-order valence-corrected chi connectivity index (χ1v) is 6.68. The smallest absolute Gasteiger partial charge is 0.269 e. The van der Waals surface area contributed by atoms with Crippen molar-refractivity contribution in [1.29, 1.82) is 0 Å². The lowest BCUT2D eigenvalue weighted by Gasteiger charge is -2.22. The largest absolute Gasteiger partial charge is 0.324 e. The molecule has 1 aliphatic rings. The molecule has 0 saturated heterocycles. The summed E-state index contributed by atoms with van der Waals surface area (Å²) in [7, 11) is 0. The van der Waals surface area contributed by atoms with Gasteiger partial charge in [0.2, 0.25) is 0 Å². The summed E-state index contributed by atoms with van der Waals surface area (Å²) >= 11 is 0. The molecule has 18 heavy (non-hydrogen) atoms. The number of benzene rings is 1. The Bertz CT molecular complexity index is 395. The molecule has 0 spiro atoms. The van der Waals surface area contributed by atoms with Crippen LogP contribution in [0.1, 0.15) is 50.1 Å². The van der Waals surface area contributed by atoms with E-state index in [2.05, 4.69) is 0 Å². The van der Waals surface area contributed by atoms with Gasteiger partial charge in [0.15, 0.2) is 0 Å². The van der Waals surface area contributed by atoms with Gasteiger partial charge < -0.3 is 5.73 Å². The zero-order valence-electron chi connectivity index (χ0n) is 10.5. The average Bonchev–Trinajstić information content (AvgIpc) is 2.67. The fourth-order valence-corrected chi connectivity index (χ4v) is 2.76. The second-order valence-electron chi connectivity index (χ2n) is 5.13. The van der Waals surface area contributed by atoms with Crippen molar-refractivity contribution < 1.29 is 4.92 Å².